The van der Waals surface area contributed by atoms with E-state index in [0.717, 1.165) is 11.3 Å². The monoisotopic (exact) mass is 321 g/mol. The van der Waals surface area contributed by atoms with Crippen LogP contribution in [0.25, 0.3) is 0 Å². The van der Waals surface area contributed by atoms with Crippen LogP contribution in [0, 0.1) is 0 Å². The van der Waals surface area contributed by atoms with Crippen LogP contribution < -0.4 is 10.6 Å². The topological polar surface area (TPSA) is 78.5 Å². The Morgan fingerprint density at radius 1 is 1.41 bits per heavy atom. The molecule has 22 heavy (non-hydrogen) atoms. The van der Waals surface area contributed by atoms with E-state index in [4.69, 9.17) is 0 Å². The van der Waals surface area contributed by atoms with Crippen molar-refractivity contribution in [2.75, 3.05) is 13.1 Å². The number of likely N-dealkylation sites (tertiary alicyclic amines) is 1. The molecule has 3 rings (SSSR count). The van der Waals surface area contributed by atoms with Gasteiger partial charge >= 0.3 is 0 Å². The van der Waals surface area contributed by atoms with Gasteiger partial charge in [-0.05, 0) is 24.3 Å². The van der Waals surface area contributed by atoms with E-state index in [9.17, 15) is 14.4 Å². The van der Waals surface area contributed by atoms with E-state index in [2.05, 4.69) is 10.6 Å². The second-order valence-electron chi connectivity index (χ2n) is 5.69. The Balaban J connectivity index is 1.63. The third-order valence-electron chi connectivity index (χ3n) is 4.10. The lowest BCUT2D eigenvalue weighted by molar-refractivity contribution is -0.133. The van der Waals surface area contributed by atoms with E-state index in [1.807, 2.05) is 17.5 Å². The summed E-state index contributed by atoms with van der Waals surface area (Å²) >= 11 is 1.57. The quantitative estimate of drug-likeness (QED) is 0.861. The van der Waals surface area contributed by atoms with Crippen LogP contribution in [0.2, 0.25) is 0 Å². The lowest BCUT2D eigenvalue weighted by atomic mass is 9.96. The van der Waals surface area contributed by atoms with Gasteiger partial charge in [-0.3, -0.25) is 14.4 Å². The fraction of sp³-hybridized carbons (Fsp3) is 0.533. The first-order valence-electron chi connectivity index (χ1n) is 7.53. The van der Waals surface area contributed by atoms with E-state index in [1.165, 1.54) is 0 Å². The molecule has 2 fully saturated rings. The first kappa shape index (κ1) is 15.0. The maximum absolute atomic E-state index is 12.2. The Bertz CT molecular complexity index is 573. The highest BCUT2D eigenvalue weighted by Gasteiger charge is 2.32. The van der Waals surface area contributed by atoms with Crippen LogP contribution in [0.15, 0.2) is 17.5 Å². The molecule has 0 aliphatic carbocycles. The minimum Gasteiger partial charge on any atom is -0.349 e. The number of carbonyl (C=O) groups is 3. The Labute approximate surface area is 132 Å². The summed E-state index contributed by atoms with van der Waals surface area (Å²) < 4.78 is 0. The zero-order valence-corrected chi connectivity index (χ0v) is 13.0. The molecule has 3 heterocycles. The maximum atomic E-state index is 12.2. The zero-order chi connectivity index (χ0) is 15.5. The molecule has 0 unspecified atom stereocenters. The fourth-order valence-electron chi connectivity index (χ4n) is 2.99. The molecule has 0 spiro atoms. The standard InChI is InChI=1S/C15H19N3O3S/c19-12-6-5-10(15(17-12)11-3-2-8-22-11)16-13(20)9-18-7-1-4-14(18)21/h2-3,8,10,15H,1,4-7,9H2,(H,16,20)(H,17,19)/t10-,15-/m1/s1. The van der Waals surface area contributed by atoms with Crippen molar-refractivity contribution in [1.29, 1.82) is 0 Å². The number of nitrogens with one attached hydrogen (secondary N) is 2. The molecule has 6 nitrogen and oxygen atoms in total. The van der Waals surface area contributed by atoms with Crippen molar-refractivity contribution < 1.29 is 14.4 Å². The molecule has 2 atom stereocenters. The van der Waals surface area contributed by atoms with E-state index < -0.39 is 0 Å². The van der Waals surface area contributed by atoms with Crippen LogP contribution in [-0.2, 0) is 14.4 Å². The van der Waals surface area contributed by atoms with Crippen LogP contribution in [0.3, 0.4) is 0 Å². The van der Waals surface area contributed by atoms with Crippen LogP contribution in [0.5, 0.6) is 0 Å². The number of amides is 3. The molecule has 1 aromatic rings. The third kappa shape index (κ3) is 3.30. The fourth-order valence-corrected chi connectivity index (χ4v) is 3.83. The molecule has 0 aromatic carbocycles. The number of nitrogens with zero attached hydrogens (tertiary/aromatic N) is 1. The highest BCUT2D eigenvalue weighted by Crippen LogP contribution is 2.27. The van der Waals surface area contributed by atoms with Gasteiger partial charge in [0.15, 0.2) is 0 Å². The summed E-state index contributed by atoms with van der Waals surface area (Å²) in [6.45, 7) is 0.766. The molecule has 0 saturated carbocycles. The van der Waals surface area contributed by atoms with Crippen molar-refractivity contribution in [3.63, 3.8) is 0 Å². The van der Waals surface area contributed by atoms with Gasteiger partial charge in [-0.15, -0.1) is 11.3 Å². The number of rotatable bonds is 4. The van der Waals surface area contributed by atoms with Crippen LogP contribution in [-0.4, -0.2) is 41.8 Å². The Morgan fingerprint density at radius 2 is 2.27 bits per heavy atom. The molecule has 2 aliphatic rings. The first-order valence-corrected chi connectivity index (χ1v) is 8.41. The summed E-state index contributed by atoms with van der Waals surface area (Å²) in [5, 5.41) is 7.89. The van der Waals surface area contributed by atoms with Gasteiger partial charge in [0.1, 0.15) is 0 Å². The van der Waals surface area contributed by atoms with Gasteiger partial charge in [-0.2, -0.15) is 0 Å². The molecule has 2 N–H and O–H groups in total. The number of hydrogen-bond donors (Lipinski definition) is 2. The molecule has 0 bridgehead atoms. The average molecular weight is 321 g/mol. The van der Waals surface area contributed by atoms with Crippen LogP contribution in [0.4, 0.5) is 0 Å². The Hall–Kier alpha value is -1.89. The lowest BCUT2D eigenvalue weighted by Crippen LogP contribution is -2.51. The van der Waals surface area contributed by atoms with E-state index in [0.29, 0.717) is 25.8 Å². The predicted molar refractivity (Wildman–Crippen MR) is 82.2 cm³/mol. The van der Waals surface area contributed by atoms with Gasteiger partial charge < -0.3 is 15.5 Å². The second-order valence-corrected chi connectivity index (χ2v) is 6.67. The summed E-state index contributed by atoms with van der Waals surface area (Å²) in [4.78, 5) is 38.1. The van der Waals surface area contributed by atoms with Gasteiger partial charge in [0.25, 0.3) is 0 Å². The minimum atomic E-state index is -0.181. The Kier molecular flexibility index (Phi) is 4.42. The van der Waals surface area contributed by atoms with Crippen LogP contribution >= 0.6 is 11.3 Å². The van der Waals surface area contributed by atoms with Gasteiger partial charge in [-0.25, -0.2) is 0 Å². The van der Waals surface area contributed by atoms with Gasteiger partial charge in [0, 0.05) is 24.3 Å². The average Bonchev–Trinajstić information content (AvgIpc) is 3.14. The van der Waals surface area contributed by atoms with Gasteiger partial charge in [0.2, 0.25) is 17.7 Å². The van der Waals surface area contributed by atoms with Crippen molar-refractivity contribution in [2.45, 2.75) is 37.8 Å². The largest absolute Gasteiger partial charge is 0.349 e. The molecule has 3 amide bonds. The molecule has 0 radical (unpaired) electrons. The van der Waals surface area contributed by atoms with E-state index in [-0.39, 0.29) is 36.3 Å². The number of piperidine rings is 1. The molecule has 7 heteroatoms. The maximum Gasteiger partial charge on any atom is 0.239 e. The predicted octanol–water partition coefficient (Wildman–Crippen LogP) is 0.806. The summed E-state index contributed by atoms with van der Waals surface area (Å²) in [7, 11) is 0. The Morgan fingerprint density at radius 3 is 2.95 bits per heavy atom. The van der Waals surface area contributed by atoms with Crippen molar-refractivity contribution in [3.05, 3.63) is 22.4 Å². The van der Waals surface area contributed by atoms with Gasteiger partial charge in [0.05, 0.1) is 18.6 Å². The lowest BCUT2D eigenvalue weighted by Gasteiger charge is -2.32. The number of carbonyl (C=O) groups excluding carboxylic acids is 3. The summed E-state index contributed by atoms with van der Waals surface area (Å²) in [5.41, 5.74) is 0. The van der Waals surface area contributed by atoms with Crippen molar-refractivity contribution >= 4 is 29.1 Å². The third-order valence-corrected chi connectivity index (χ3v) is 5.06. The normalized spacial score (nSPS) is 25.2. The molecular formula is C15H19N3O3S. The molecule has 2 saturated heterocycles. The molecular weight excluding hydrogens is 302 g/mol. The number of thiophene rings is 1. The summed E-state index contributed by atoms with van der Waals surface area (Å²) in [6.07, 6.45) is 2.39. The SMILES string of the molecule is O=C(CN1CCCC1=O)N[C@@H]1CCC(=O)N[C@H]1c1cccs1. The van der Waals surface area contributed by atoms with Gasteiger partial charge in [-0.1, -0.05) is 6.07 Å². The smallest absolute Gasteiger partial charge is 0.239 e. The van der Waals surface area contributed by atoms with Crippen molar-refractivity contribution in [1.82, 2.24) is 15.5 Å². The second kappa shape index (κ2) is 6.48. The molecule has 118 valence electrons. The highest BCUT2D eigenvalue weighted by molar-refractivity contribution is 7.10. The summed E-state index contributed by atoms with van der Waals surface area (Å²) in [6, 6.07) is 3.59. The first-order chi connectivity index (χ1) is 10.6. The van der Waals surface area contributed by atoms with E-state index in [1.54, 1.807) is 16.2 Å². The van der Waals surface area contributed by atoms with Crippen molar-refractivity contribution in [3.8, 4) is 0 Å². The zero-order valence-electron chi connectivity index (χ0n) is 12.2. The van der Waals surface area contributed by atoms with E-state index >= 15 is 0 Å². The highest BCUT2D eigenvalue weighted by atomic mass is 32.1. The molecule has 2 aliphatic heterocycles. The minimum absolute atomic E-state index is 0.0126. The number of hydrogen-bond acceptors (Lipinski definition) is 4. The molecule has 1 aromatic heterocycles. The van der Waals surface area contributed by atoms with Crippen LogP contribution in [0.1, 0.15) is 36.6 Å². The summed E-state index contributed by atoms with van der Waals surface area (Å²) in [5.74, 6) is -0.0986. The van der Waals surface area contributed by atoms with Crippen molar-refractivity contribution in [2.24, 2.45) is 0 Å².